The highest BCUT2D eigenvalue weighted by molar-refractivity contribution is 7.13. The number of aryl methyl sites for hydroxylation is 1. The zero-order valence-electron chi connectivity index (χ0n) is 22.8. The summed E-state index contributed by atoms with van der Waals surface area (Å²) >= 11 is 1.47. The summed E-state index contributed by atoms with van der Waals surface area (Å²) < 4.78 is 80.7. The SMILES string of the molecule is Cc1ccc(C[C@@H]2CN(Cc3csc(N(C)C)n3)CCN2C(=O)c2cc(C(F)(F)F)cc(C(F)(F)F)c2)cc1O.Cl.Cl. The summed E-state index contributed by atoms with van der Waals surface area (Å²) in [5, 5.41) is 12.9. The number of anilines is 1. The van der Waals surface area contributed by atoms with Crippen LogP contribution in [0.1, 0.15) is 38.3 Å². The van der Waals surface area contributed by atoms with E-state index in [0.29, 0.717) is 42.9 Å². The van der Waals surface area contributed by atoms with Gasteiger partial charge in [-0.3, -0.25) is 9.69 Å². The molecule has 232 valence electrons. The van der Waals surface area contributed by atoms with Crippen LogP contribution >= 0.6 is 36.2 Å². The van der Waals surface area contributed by atoms with Crippen LogP contribution in [0, 0.1) is 6.92 Å². The molecule has 1 saturated heterocycles. The normalized spacial score (nSPS) is 16.0. The number of hydrogen-bond acceptors (Lipinski definition) is 6. The molecule has 3 aromatic rings. The van der Waals surface area contributed by atoms with Gasteiger partial charge < -0.3 is 14.9 Å². The highest BCUT2D eigenvalue weighted by Gasteiger charge is 2.39. The molecule has 1 N–H and O–H groups in total. The van der Waals surface area contributed by atoms with Gasteiger partial charge in [-0.25, -0.2) is 4.98 Å². The van der Waals surface area contributed by atoms with Gasteiger partial charge in [0.15, 0.2) is 5.13 Å². The van der Waals surface area contributed by atoms with E-state index in [1.54, 1.807) is 25.1 Å². The number of alkyl halides is 6. The molecule has 0 bridgehead atoms. The molecule has 6 nitrogen and oxygen atoms in total. The van der Waals surface area contributed by atoms with Gasteiger partial charge in [0.05, 0.1) is 16.8 Å². The minimum Gasteiger partial charge on any atom is -0.508 e. The van der Waals surface area contributed by atoms with Crippen LogP contribution in [0.15, 0.2) is 41.8 Å². The van der Waals surface area contributed by atoms with Crippen molar-refractivity contribution in [3.05, 3.63) is 75.3 Å². The first-order valence-electron chi connectivity index (χ1n) is 12.3. The zero-order valence-corrected chi connectivity index (χ0v) is 25.2. The molecule has 0 aliphatic carbocycles. The summed E-state index contributed by atoms with van der Waals surface area (Å²) in [6, 6.07) is 5.39. The topological polar surface area (TPSA) is 59.9 Å². The van der Waals surface area contributed by atoms with E-state index >= 15 is 0 Å². The number of phenolic OH excluding ortho intramolecular Hbond substituents is 1. The van der Waals surface area contributed by atoms with Gasteiger partial charge in [-0.2, -0.15) is 26.3 Å². The van der Waals surface area contributed by atoms with E-state index < -0.39 is 41.0 Å². The van der Waals surface area contributed by atoms with Gasteiger partial charge in [0, 0.05) is 57.3 Å². The number of halogens is 8. The molecule has 0 radical (unpaired) electrons. The highest BCUT2D eigenvalue weighted by Crippen LogP contribution is 2.37. The largest absolute Gasteiger partial charge is 0.508 e. The molecule has 0 spiro atoms. The van der Waals surface area contributed by atoms with Crippen LogP contribution < -0.4 is 4.90 Å². The number of carbonyl (C=O) groups is 1. The Labute approximate surface area is 255 Å². The molecule has 15 heteroatoms. The molecular formula is C27H30Cl2F6N4O2S. The summed E-state index contributed by atoms with van der Waals surface area (Å²) in [5.41, 5.74) is -1.62. The predicted octanol–water partition coefficient (Wildman–Crippen LogP) is 6.67. The lowest BCUT2D eigenvalue weighted by Crippen LogP contribution is -2.55. The Morgan fingerprint density at radius 1 is 1.02 bits per heavy atom. The van der Waals surface area contributed by atoms with Crippen LogP contribution in [0.5, 0.6) is 5.75 Å². The van der Waals surface area contributed by atoms with Crippen LogP contribution in [-0.2, 0) is 25.3 Å². The third-order valence-corrected chi connectivity index (χ3v) is 7.77. The molecule has 1 fully saturated rings. The Bertz CT molecular complexity index is 1350. The highest BCUT2D eigenvalue weighted by atomic mass is 35.5. The van der Waals surface area contributed by atoms with Crippen molar-refractivity contribution in [2.24, 2.45) is 0 Å². The standard InChI is InChI=1S/C27H28F6N4O2S.2ClH/c1-16-4-5-17(9-23(16)38)8-22-14-36(13-21-15-40-25(34-21)35(2)3)6-7-37(22)24(39)18-10-19(26(28,29)30)12-20(11-18)27(31,32)33;;/h4-5,9-12,15,22,38H,6-8,13-14H2,1-3H3;2*1H/t22-;;/m1../s1. The maximum absolute atomic E-state index is 13.5. The molecule has 1 aliphatic heterocycles. The fourth-order valence-electron chi connectivity index (χ4n) is 4.61. The third-order valence-electron chi connectivity index (χ3n) is 6.72. The first-order chi connectivity index (χ1) is 18.6. The number of aromatic nitrogens is 1. The van der Waals surface area contributed by atoms with Crippen molar-refractivity contribution in [3.8, 4) is 5.75 Å². The number of aromatic hydroxyl groups is 1. The fraction of sp³-hybridized carbons (Fsp3) is 0.407. The first kappa shape index (κ1) is 35.5. The average molecular weight is 660 g/mol. The predicted molar refractivity (Wildman–Crippen MR) is 154 cm³/mol. The van der Waals surface area contributed by atoms with E-state index in [1.165, 1.54) is 16.2 Å². The van der Waals surface area contributed by atoms with Crippen molar-refractivity contribution in [1.82, 2.24) is 14.8 Å². The van der Waals surface area contributed by atoms with Crippen molar-refractivity contribution in [3.63, 3.8) is 0 Å². The maximum atomic E-state index is 13.5. The molecule has 1 atom stereocenters. The number of hydrogen-bond donors (Lipinski definition) is 1. The van der Waals surface area contributed by atoms with Gasteiger partial charge in [0.1, 0.15) is 5.75 Å². The molecule has 1 aliphatic rings. The molecule has 2 heterocycles. The smallest absolute Gasteiger partial charge is 0.416 e. The monoisotopic (exact) mass is 658 g/mol. The Balaban J connectivity index is 0.00000308. The van der Waals surface area contributed by atoms with E-state index in [0.717, 1.165) is 10.8 Å². The van der Waals surface area contributed by atoms with Gasteiger partial charge in [-0.1, -0.05) is 12.1 Å². The van der Waals surface area contributed by atoms with E-state index in [4.69, 9.17) is 0 Å². The Morgan fingerprint density at radius 2 is 1.64 bits per heavy atom. The first-order valence-corrected chi connectivity index (χ1v) is 13.2. The number of amides is 1. The molecule has 2 aromatic carbocycles. The summed E-state index contributed by atoms with van der Waals surface area (Å²) in [7, 11) is 3.75. The number of rotatable bonds is 6. The summed E-state index contributed by atoms with van der Waals surface area (Å²) in [6.45, 7) is 2.92. The molecular weight excluding hydrogens is 629 g/mol. The molecule has 42 heavy (non-hydrogen) atoms. The molecule has 0 saturated carbocycles. The van der Waals surface area contributed by atoms with Crippen molar-refractivity contribution >= 4 is 47.2 Å². The van der Waals surface area contributed by atoms with E-state index in [-0.39, 0.29) is 49.6 Å². The van der Waals surface area contributed by atoms with Crippen molar-refractivity contribution < 1.29 is 36.2 Å². The third kappa shape index (κ3) is 8.42. The van der Waals surface area contributed by atoms with Crippen LogP contribution in [0.4, 0.5) is 31.5 Å². The number of piperazine rings is 1. The summed E-state index contributed by atoms with van der Waals surface area (Å²) in [6.07, 6.45) is -9.89. The van der Waals surface area contributed by atoms with Gasteiger partial charge in [0.2, 0.25) is 0 Å². The number of thiazole rings is 1. The second-order valence-electron chi connectivity index (χ2n) is 10.0. The lowest BCUT2D eigenvalue weighted by Gasteiger charge is -2.41. The molecule has 4 rings (SSSR count). The van der Waals surface area contributed by atoms with Crippen molar-refractivity contribution in [2.75, 3.05) is 38.6 Å². The Hall–Kier alpha value is -2.74. The van der Waals surface area contributed by atoms with Gasteiger partial charge >= 0.3 is 12.4 Å². The van der Waals surface area contributed by atoms with E-state index in [9.17, 15) is 36.2 Å². The second kappa shape index (κ2) is 13.7. The molecule has 1 aromatic heterocycles. The number of carbonyl (C=O) groups excluding carboxylic acids is 1. The van der Waals surface area contributed by atoms with Crippen LogP contribution in [0.3, 0.4) is 0 Å². The Kier molecular flexibility index (Phi) is 11.6. The minimum absolute atomic E-state index is 0. The quantitative estimate of drug-likeness (QED) is 0.300. The summed E-state index contributed by atoms with van der Waals surface area (Å²) in [5.74, 6) is -0.865. The van der Waals surface area contributed by atoms with E-state index in [1.807, 2.05) is 29.3 Å². The van der Waals surface area contributed by atoms with Crippen LogP contribution in [0.25, 0.3) is 0 Å². The van der Waals surface area contributed by atoms with Crippen molar-refractivity contribution in [2.45, 2.75) is 38.3 Å². The van der Waals surface area contributed by atoms with E-state index in [2.05, 4.69) is 4.98 Å². The number of benzene rings is 2. The molecule has 1 amide bonds. The van der Waals surface area contributed by atoms with Crippen LogP contribution in [-0.4, -0.2) is 65.6 Å². The number of phenols is 1. The van der Waals surface area contributed by atoms with Gasteiger partial charge in [0.25, 0.3) is 5.91 Å². The second-order valence-corrected chi connectivity index (χ2v) is 10.9. The minimum atomic E-state index is -5.06. The molecule has 0 unspecified atom stereocenters. The van der Waals surface area contributed by atoms with Crippen LogP contribution in [0.2, 0.25) is 0 Å². The Morgan fingerprint density at radius 3 is 2.17 bits per heavy atom. The lowest BCUT2D eigenvalue weighted by atomic mass is 9.98. The zero-order chi connectivity index (χ0) is 29.4. The van der Waals surface area contributed by atoms with Gasteiger partial charge in [-0.15, -0.1) is 36.2 Å². The fourth-order valence-corrected chi connectivity index (χ4v) is 5.36. The maximum Gasteiger partial charge on any atom is 0.416 e. The van der Waals surface area contributed by atoms with Crippen molar-refractivity contribution in [1.29, 1.82) is 0 Å². The van der Waals surface area contributed by atoms with Gasteiger partial charge in [-0.05, 0) is 48.7 Å². The average Bonchev–Trinajstić information content (AvgIpc) is 3.34. The summed E-state index contributed by atoms with van der Waals surface area (Å²) in [4.78, 5) is 23.4. The number of nitrogens with zero attached hydrogens (tertiary/aromatic N) is 4. The lowest BCUT2D eigenvalue weighted by molar-refractivity contribution is -0.143.